The number of hydrogen-bond acceptors (Lipinski definition) is 4. The number of rotatable bonds is 5. The zero-order valence-corrected chi connectivity index (χ0v) is 11.7. The van der Waals surface area contributed by atoms with E-state index in [0.717, 1.165) is 19.4 Å². The summed E-state index contributed by atoms with van der Waals surface area (Å²) in [4.78, 5) is 24.6. The number of nitrogens with zero attached hydrogens (tertiary/aromatic N) is 4. The summed E-state index contributed by atoms with van der Waals surface area (Å²) in [6.07, 6.45) is 5.28. The SMILES string of the molecule is CC1CCCCN1C(=O)Cn1cc(CCC(=O)O)nn1. The highest BCUT2D eigenvalue weighted by Gasteiger charge is 2.23. The van der Waals surface area contributed by atoms with Crippen LogP contribution in [0.1, 0.15) is 38.3 Å². The number of amides is 1. The lowest BCUT2D eigenvalue weighted by Crippen LogP contribution is -2.43. The van der Waals surface area contributed by atoms with Gasteiger partial charge in [-0.1, -0.05) is 5.21 Å². The third-order valence-corrected chi connectivity index (χ3v) is 3.60. The molecule has 1 aromatic heterocycles. The first-order chi connectivity index (χ1) is 9.56. The molecular weight excluding hydrogens is 260 g/mol. The predicted molar refractivity (Wildman–Crippen MR) is 71.0 cm³/mol. The van der Waals surface area contributed by atoms with Crippen molar-refractivity contribution in [3.05, 3.63) is 11.9 Å². The standard InChI is InChI=1S/C13H20N4O3/c1-10-4-2-3-7-17(10)12(18)9-16-8-11(14-15-16)5-6-13(19)20/h8,10H,2-7,9H2,1H3,(H,19,20). The Labute approximate surface area is 117 Å². The molecule has 2 heterocycles. The number of aliphatic carboxylic acids is 1. The largest absolute Gasteiger partial charge is 0.481 e. The number of hydrogen-bond donors (Lipinski definition) is 1. The highest BCUT2D eigenvalue weighted by atomic mass is 16.4. The third-order valence-electron chi connectivity index (χ3n) is 3.60. The molecule has 110 valence electrons. The molecule has 1 aromatic rings. The van der Waals surface area contributed by atoms with Gasteiger partial charge in [0.05, 0.1) is 12.1 Å². The lowest BCUT2D eigenvalue weighted by Gasteiger charge is -2.33. The predicted octanol–water partition coefficient (Wildman–Crippen LogP) is 0.696. The minimum absolute atomic E-state index is 0.0236. The second-order valence-electron chi connectivity index (χ2n) is 5.23. The zero-order valence-electron chi connectivity index (χ0n) is 11.7. The molecule has 1 atom stereocenters. The average Bonchev–Trinajstić information content (AvgIpc) is 2.84. The summed E-state index contributed by atoms with van der Waals surface area (Å²) in [5, 5.41) is 16.4. The van der Waals surface area contributed by atoms with E-state index >= 15 is 0 Å². The summed E-state index contributed by atoms with van der Waals surface area (Å²) in [5.41, 5.74) is 0.604. The Morgan fingerprint density at radius 2 is 2.25 bits per heavy atom. The van der Waals surface area contributed by atoms with Crippen LogP contribution < -0.4 is 0 Å². The smallest absolute Gasteiger partial charge is 0.303 e. The summed E-state index contributed by atoms with van der Waals surface area (Å²) in [6.45, 7) is 3.04. The van der Waals surface area contributed by atoms with Crippen LogP contribution in [0.5, 0.6) is 0 Å². The molecule has 0 aromatic carbocycles. The average molecular weight is 280 g/mol. The van der Waals surface area contributed by atoms with Crippen molar-refractivity contribution in [2.75, 3.05) is 6.54 Å². The van der Waals surface area contributed by atoms with Crippen LogP contribution in [0.25, 0.3) is 0 Å². The zero-order chi connectivity index (χ0) is 14.5. The molecule has 1 fully saturated rings. The van der Waals surface area contributed by atoms with E-state index < -0.39 is 5.97 Å². The fourth-order valence-electron chi connectivity index (χ4n) is 2.46. The molecule has 1 unspecified atom stereocenters. The quantitative estimate of drug-likeness (QED) is 0.857. The molecule has 0 aliphatic carbocycles. The first-order valence-corrected chi connectivity index (χ1v) is 6.96. The van der Waals surface area contributed by atoms with Crippen LogP contribution in [0.2, 0.25) is 0 Å². The highest BCUT2D eigenvalue weighted by molar-refractivity contribution is 5.76. The van der Waals surface area contributed by atoms with E-state index in [9.17, 15) is 9.59 Å². The maximum Gasteiger partial charge on any atom is 0.303 e. The molecule has 0 radical (unpaired) electrons. The van der Waals surface area contributed by atoms with Gasteiger partial charge in [0.1, 0.15) is 6.54 Å². The topological polar surface area (TPSA) is 88.3 Å². The Kier molecular flexibility index (Phi) is 4.70. The van der Waals surface area contributed by atoms with Crippen LogP contribution in [-0.4, -0.2) is 49.5 Å². The molecule has 20 heavy (non-hydrogen) atoms. The van der Waals surface area contributed by atoms with E-state index in [-0.39, 0.29) is 24.9 Å². The number of aryl methyl sites for hydroxylation is 1. The summed E-state index contributed by atoms with van der Waals surface area (Å²) in [5.74, 6) is -0.815. The molecule has 0 spiro atoms. The maximum atomic E-state index is 12.2. The number of aromatic nitrogens is 3. The number of piperidine rings is 1. The van der Waals surface area contributed by atoms with Crippen molar-refractivity contribution < 1.29 is 14.7 Å². The fraction of sp³-hybridized carbons (Fsp3) is 0.692. The van der Waals surface area contributed by atoms with Gasteiger partial charge in [-0.15, -0.1) is 5.10 Å². The molecule has 7 heteroatoms. The van der Waals surface area contributed by atoms with Crippen molar-refractivity contribution in [1.82, 2.24) is 19.9 Å². The molecule has 1 saturated heterocycles. The van der Waals surface area contributed by atoms with Crippen LogP contribution in [0.3, 0.4) is 0 Å². The Balaban J connectivity index is 1.89. The lowest BCUT2D eigenvalue weighted by molar-refractivity contribution is -0.137. The van der Waals surface area contributed by atoms with Crippen molar-refractivity contribution in [1.29, 1.82) is 0 Å². The third kappa shape index (κ3) is 3.79. The van der Waals surface area contributed by atoms with Crippen LogP contribution in [0.4, 0.5) is 0 Å². The Bertz CT molecular complexity index is 486. The van der Waals surface area contributed by atoms with Crippen LogP contribution in [-0.2, 0) is 22.6 Å². The first-order valence-electron chi connectivity index (χ1n) is 6.96. The van der Waals surface area contributed by atoms with Crippen LogP contribution in [0, 0.1) is 0 Å². The number of carboxylic acid groups (broad SMARTS) is 1. The normalized spacial score (nSPS) is 19.1. The van der Waals surface area contributed by atoms with Gasteiger partial charge in [-0.25, -0.2) is 4.68 Å². The van der Waals surface area contributed by atoms with Gasteiger partial charge in [-0.3, -0.25) is 9.59 Å². The maximum absolute atomic E-state index is 12.2. The Morgan fingerprint density at radius 3 is 2.95 bits per heavy atom. The molecule has 1 amide bonds. The minimum atomic E-state index is -0.863. The van der Waals surface area contributed by atoms with Gasteiger partial charge >= 0.3 is 5.97 Å². The van der Waals surface area contributed by atoms with Gasteiger partial charge in [0, 0.05) is 25.2 Å². The van der Waals surface area contributed by atoms with Crippen molar-refractivity contribution >= 4 is 11.9 Å². The fourth-order valence-corrected chi connectivity index (χ4v) is 2.46. The van der Waals surface area contributed by atoms with Crippen LogP contribution in [0.15, 0.2) is 6.20 Å². The molecule has 1 aliphatic rings. The number of carboxylic acids is 1. The van der Waals surface area contributed by atoms with Gasteiger partial charge in [-0.2, -0.15) is 0 Å². The van der Waals surface area contributed by atoms with E-state index in [1.807, 2.05) is 4.90 Å². The number of carbonyl (C=O) groups is 2. The van der Waals surface area contributed by atoms with Gasteiger partial charge in [-0.05, 0) is 26.2 Å². The molecule has 1 N–H and O–H groups in total. The molecule has 0 saturated carbocycles. The molecule has 2 rings (SSSR count). The number of likely N-dealkylation sites (tertiary alicyclic amines) is 1. The molecular formula is C13H20N4O3. The lowest BCUT2D eigenvalue weighted by atomic mass is 10.0. The molecule has 1 aliphatic heterocycles. The van der Waals surface area contributed by atoms with Crippen molar-refractivity contribution in [3.63, 3.8) is 0 Å². The second kappa shape index (κ2) is 6.49. The van der Waals surface area contributed by atoms with E-state index in [1.54, 1.807) is 6.20 Å². The van der Waals surface area contributed by atoms with E-state index in [0.29, 0.717) is 12.1 Å². The van der Waals surface area contributed by atoms with E-state index in [2.05, 4.69) is 17.2 Å². The first kappa shape index (κ1) is 14.5. The Hall–Kier alpha value is -1.92. The minimum Gasteiger partial charge on any atom is -0.481 e. The van der Waals surface area contributed by atoms with Crippen molar-refractivity contribution in [3.8, 4) is 0 Å². The number of carbonyl (C=O) groups excluding carboxylic acids is 1. The summed E-state index contributed by atoms with van der Waals surface area (Å²) in [6, 6.07) is 0.284. The molecule has 7 nitrogen and oxygen atoms in total. The van der Waals surface area contributed by atoms with Crippen molar-refractivity contribution in [2.24, 2.45) is 0 Å². The summed E-state index contributed by atoms with van der Waals surface area (Å²) < 4.78 is 1.49. The summed E-state index contributed by atoms with van der Waals surface area (Å²) in [7, 11) is 0. The van der Waals surface area contributed by atoms with Crippen molar-refractivity contribution in [2.45, 2.75) is 51.6 Å². The monoisotopic (exact) mass is 280 g/mol. The second-order valence-corrected chi connectivity index (χ2v) is 5.23. The highest BCUT2D eigenvalue weighted by Crippen LogP contribution is 2.16. The van der Waals surface area contributed by atoms with Gasteiger partial charge < -0.3 is 10.0 Å². The van der Waals surface area contributed by atoms with Gasteiger partial charge in [0.25, 0.3) is 0 Å². The van der Waals surface area contributed by atoms with Gasteiger partial charge in [0.2, 0.25) is 5.91 Å². The Morgan fingerprint density at radius 1 is 1.45 bits per heavy atom. The molecule has 0 bridgehead atoms. The summed E-state index contributed by atoms with van der Waals surface area (Å²) >= 11 is 0. The van der Waals surface area contributed by atoms with E-state index in [4.69, 9.17) is 5.11 Å². The van der Waals surface area contributed by atoms with Gasteiger partial charge in [0.15, 0.2) is 0 Å². The van der Waals surface area contributed by atoms with Crippen LogP contribution >= 0.6 is 0 Å². The van der Waals surface area contributed by atoms with E-state index in [1.165, 1.54) is 11.1 Å².